The van der Waals surface area contributed by atoms with Crippen molar-refractivity contribution in [2.45, 2.75) is 0 Å². The van der Waals surface area contributed by atoms with Crippen LogP contribution in [0.5, 0.6) is 5.75 Å². The summed E-state index contributed by atoms with van der Waals surface area (Å²) in [5, 5.41) is 13.0. The molecule has 4 rings (SSSR count). The Hall–Kier alpha value is -3.19. The molecule has 2 heterocycles. The molecule has 7 heteroatoms. The van der Waals surface area contributed by atoms with Gasteiger partial charge in [-0.05, 0) is 36.4 Å². The van der Waals surface area contributed by atoms with Crippen LogP contribution < -0.4 is 5.32 Å². The predicted octanol–water partition coefficient (Wildman–Crippen LogP) is 4.61. The SMILES string of the molecule is O=C(Nc1ccc(O)c(-c2nc3cnccc3o2)c1)c1cccc(Br)c1. The Kier molecular flexibility index (Phi) is 4.14. The Balaban J connectivity index is 1.67. The van der Waals surface area contributed by atoms with Gasteiger partial charge in [-0.15, -0.1) is 0 Å². The first-order valence-corrected chi connectivity index (χ1v) is 8.50. The molecule has 2 aromatic carbocycles. The maximum absolute atomic E-state index is 12.4. The fraction of sp³-hybridized carbons (Fsp3) is 0. The molecular weight excluding hydrogens is 398 g/mol. The molecule has 128 valence electrons. The molecule has 2 N–H and O–H groups in total. The van der Waals surface area contributed by atoms with E-state index in [2.05, 4.69) is 31.2 Å². The summed E-state index contributed by atoms with van der Waals surface area (Å²) in [6.07, 6.45) is 3.18. The highest BCUT2D eigenvalue weighted by molar-refractivity contribution is 9.10. The Labute approximate surface area is 156 Å². The van der Waals surface area contributed by atoms with Crippen molar-refractivity contribution in [3.05, 3.63) is 71.0 Å². The number of aromatic nitrogens is 2. The number of oxazole rings is 1. The molecule has 4 aromatic rings. The van der Waals surface area contributed by atoms with Crippen LogP contribution in [0, 0.1) is 0 Å². The van der Waals surface area contributed by atoms with Gasteiger partial charge in [0.1, 0.15) is 11.3 Å². The third kappa shape index (κ3) is 3.16. The van der Waals surface area contributed by atoms with E-state index >= 15 is 0 Å². The van der Waals surface area contributed by atoms with Crippen molar-refractivity contribution < 1.29 is 14.3 Å². The molecule has 1 amide bonds. The number of carbonyl (C=O) groups excluding carboxylic acids is 1. The average Bonchev–Trinajstić information content (AvgIpc) is 3.07. The van der Waals surface area contributed by atoms with Crippen LogP contribution in [0.2, 0.25) is 0 Å². The summed E-state index contributed by atoms with van der Waals surface area (Å²) >= 11 is 3.35. The first-order valence-electron chi connectivity index (χ1n) is 7.71. The van der Waals surface area contributed by atoms with Crippen LogP contribution in [-0.4, -0.2) is 21.0 Å². The number of fused-ring (bicyclic) bond motifs is 1. The van der Waals surface area contributed by atoms with E-state index in [1.54, 1.807) is 48.8 Å². The molecular formula is C19H12BrN3O3. The first-order chi connectivity index (χ1) is 12.6. The highest BCUT2D eigenvalue weighted by Gasteiger charge is 2.14. The zero-order chi connectivity index (χ0) is 18.1. The van der Waals surface area contributed by atoms with E-state index in [1.807, 2.05) is 6.07 Å². The number of hydrogen-bond donors (Lipinski definition) is 2. The molecule has 0 saturated heterocycles. The Morgan fingerprint density at radius 3 is 2.85 bits per heavy atom. The van der Waals surface area contributed by atoms with Gasteiger partial charge in [-0.25, -0.2) is 4.98 Å². The summed E-state index contributed by atoms with van der Waals surface area (Å²) in [5.74, 6) is -0.00118. The monoisotopic (exact) mass is 409 g/mol. The van der Waals surface area contributed by atoms with Gasteiger partial charge in [-0.3, -0.25) is 9.78 Å². The molecule has 0 radical (unpaired) electrons. The second-order valence-electron chi connectivity index (χ2n) is 5.56. The summed E-state index contributed by atoms with van der Waals surface area (Å²) in [6, 6.07) is 13.5. The van der Waals surface area contributed by atoms with Crippen LogP contribution >= 0.6 is 15.9 Å². The molecule has 0 bridgehead atoms. The Morgan fingerprint density at radius 1 is 1.15 bits per heavy atom. The zero-order valence-electron chi connectivity index (χ0n) is 13.3. The minimum absolute atomic E-state index is 0.00460. The number of anilines is 1. The van der Waals surface area contributed by atoms with Gasteiger partial charge in [0.05, 0.1) is 11.8 Å². The number of hydrogen-bond acceptors (Lipinski definition) is 5. The molecule has 0 unspecified atom stereocenters. The molecule has 0 aliphatic rings. The van der Waals surface area contributed by atoms with Crippen LogP contribution in [0.1, 0.15) is 10.4 Å². The van der Waals surface area contributed by atoms with Gasteiger partial charge in [-0.2, -0.15) is 0 Å². The minimum atomic E-state index is -0.260. The number of benzene rings is 2. The van der Waals surface area contributed by atoms with Crippen molar-refractivity contribution in [1.82, 2.24) is 9.97 Å². The second kappa shape index (κ2) is 6.61. The number of carbonyl (C=O) groups is 1. The smallest absolute Gasteiger partial charge is 0.255 e. The van der Waals surface area contributed by atoms with Gasteiger partial charge in [0.15, 0.2) is 5.58 Å². The van der Waals surface area contributed by atoms with Crippen LogP contribution in [0.3, 0.4) is 0 Å². The highest BCUT2D eigenvalue weighted by atomic mass is 79.9. The topological polar surface area (TPSA) is 88.2 Å². The summed E-state index contributed by atoms with van der Waals surface area (Å²) in [6.45, 7) is 0. The summed E-state index contributed by atoms with van der Waals surface area (Å²) < 4.78 is 6.48. The van der Waals surface area contributed by atoms with Gasteiger partial charge in [-0.1, -0.05) is 22.0 Å². The maximum Gasteiger partial charge on any atom is 0.255 e. The lowest BCUT2D eigenvalue weighted by atomic mass is 10.1. The zero-order valence-corrected chi connectivity index (χ0v) is 14.9. The number of amides is 1. The fourth-order valence-electron chi connectivity index (χ4n) is 2.51. The van der Waals surface area contributed by atoms with Crippen molar-refractivity contribution >= 4 is 38.6 Å². The maximum atomic E-state index is 12.4. The lowest BCUT2D eigenvalue weighted by molar-refractivity contribution is 0.102. The summed E-state index contributed by atoms with van der Waals surface area (Å²) in [5.41, 5.74) is 2.57. The van der Waals surface area contributed by atoms with Crippen LogP contribution in [0.4, 0.5) is 5.69 Å². The third-order valence-electron chi connectivity index (χ3n) is 3.76. The van der Waals surface area contributed by atoms with E-state index in [9.17, 15) is 9.90 Å². The van der Waals surface area contributed by atoms with Crippen molar-refractivity contribution in [3.63, 3.8) is 0 Å². The van der Waals surface area contributed by atoms with E-state index in [1.165, 1.54) is 6.07 Å². The molecule has 2 aromatic heterocycles. The average molecular weight is 410 g/mol. The number of nitrogens with zero attached hydrogens (tertiary/aromatic N) is 2. The highest BCUT2D eigenvalue weighted by Crippen LogP contribution is 2.33. The van der Waals surface area contributed by atoms with E-state index < -0.39 is 0 Å². The molecule has 0 atom stereocenters. The normalized spacial score (nSPS) is 10.8. The van der Waals surface area contributed by atoms with Crippen molar-refractivity contribution in [3.8, 4) is 17.2 Å². The second-order valence-corrected chi connectivity index (χ2v) is 6.47. The molecule has 0 spiro atoms. The number of rotatable bonds is 3. The lowest BCUT2D eigenvalue weighted by Crippen LogP contribution is -2.11. The summed E-state index contributed by atoms with van der Waals surface area (Å²) in [4.78, 5) is 20.7. The quantitative estimate of drug-likeness (QED) is 0.482. The van der Waals surface area contributed by atoms with E-state index in [0.717, 1.165) is 4.47 Å². The standard InChI is InChI=1S/C19H12BrN3O3/c20-12-3-1-2-11(8-12)18(25)22-13-4-5-16(24)14(9-13)19-23-15-10-21-7-6-17(15)26-19/h1-10,24H,(H,22,25). The minimum Gasteiger partial charge on any atom is -0.507 e. The van der Waals surface area contributed by atoms with E-state index in [0.29, 0.717) is 27.9 Å². The van der Waals surface area contributed by atoms with Gasteiger partial charge in [0, 0.05) is 28.0 Å². The molecule has 0 fully saturated rings. The number of phenols is 1. The van der Waals surface area contributed by atoms with E-state index in [4.69, 9.17) is 4.42 Å². The van der Waals surface area contributed by atoms with Crippen molar-refractivity contribution in [1.29, 1.82) is 0 Å². The molecule has 6 nitrogen and oxygen atoms in total. The fourth-order valence-corrected chi connectivity index (χ4v) is 2.91. The molecule has 26 heavy (non-hydrogen) atoms. The number of phenolic OH excluding ortho intramolecular Hbond substituents is 1. The Morgan fingerprint density at radius 2 is 2.04 bits per heavy atom. The molecule has 0 aliphatic carbocycles. The van der Waals surface area contributed by atoms with Crippen molar-refractivity contribution in [2.24, 2.45) is 0 Å². The largest absolute Gasteiger partial charge is 0.507 e. The van der Waals surface area contributed by atoms with Gasteiger partial charge < -0.3 is 14.8 Å². The van der Waals surface area contributed by atoms with Crippen LogP contribution in [0.15, 0.2) is 69.8 Å². The van der Waals surface area contributed by atoms with Gasteiger partial charge in [0.2, 0.25) is 5.89 Å². The van der Waals surface area contributed by atoms with Crippen LogP contribution in [0.25, 0.3) is 22.6 Å². The molecule has 0 aliphatic heterocycles. The Bertz CT molecular complexity index is 1090. The lowest BCUT2D eigenvalue weighted by Gasteiger charge is -2.08. The summed E-state index contributed by atoms with van der Waals surface area (Å²) in [7, 11) is 0. The van der Waals surface area contributed by atoms with Gasteiger partial charge in [0.25, 0.3) is 5.91 Å². The van der Waals surface area contributed by atoms with Crippen LogP contribution in [-0.2, 0) is 0 Å². The predicted molar refractivity (Wildman–Crippen MR) is 101 cm³/mol. The number of pyridine rings is 1. The number of aromatic hydroxyl groups is 1. The molecule has 0 saturated carbocycles. The third-order valence-corrected chi connectivity index (χ3v) is 4.25. The number of halogens is 1. The van der Waals surface area contributed by atoms with E-state index in [-0.39, 0.29) is 17.5 Å². The number of nitrogens with one attached hydrogen (secondary N) is 1. The van der Waals surface area contributed by atoms with Crippen molar-refractivity contribution in [2.75, 3.05) is 5.32 Å². The van der Waals surface area contributed by atoms with Gasteiger partial charge >= 0.3 is 0 Å². The first kappa shape index (κ1) is 16.3.